The van der Waals surface area contributed by atoms with Gasteiger partial charge in [-0.1, -0.05) is 24.3 Å². The largest absolute Gasteiger partial charge is 0.375 e. The van der Waals surface area contributed by atoms with Gasteiger partial charge in [0, 0.05) is 20.2 Å². The van der Waals surface area contributed by atoms with Crippen molar-refractivity contribution < 1.29 is 9.53 Å². The van der Waals surface area contributed by atoms with Gasteiger partial charge in [-0.25, -0.2) is 4.98 Å². The first-order valence-corrected chi connectivity index (χ1v) is 8.78. The third-order valence-electron chi connectivity index (χ3n) is 4.42. The lowest BCUT2D eigenvalue weighted by Crippen LogP contribution is -2.33. The van der Waals surface area contributed by atoms with Crippen LogP contribution in [-0.2, 0) is 17.6 Å². The Labute approximate surface area is 141 Å². The maximum atomic E-state index is 12.9. The second kappa shape index (κ2) is 6.81. The third-order valence-corrected chi connectivity index (χ3v) is 5.72. The summed E-state index contributed by atoms with van der Waals surface area (Å²) < 4.78 is 5.32. The zero-order valence-corrected chi connectivity index (χ0v) is 14.7. The van der Waals surface area contributed by atoms with Crippen LogP contribution in [0.15, 0.2) is 24.3 Å². The molecule has 0 saturated carbocycles. The Morgan fingerprint density at radius 3 is 2.43 bits per heavy atom. The van der Waals surface area contributed by atoms with Gasteiger partial charge in [-0.05, 0) is 37.8 Å². The highest BCUT2D eigenvalue weighted by atomic mass is 32.1. The number of rotatable bonds is 3. The first-order chi connectivity index (χ1) is 11.1. The van der Waals surface area contributed by atoms with Crippen LogP contribution in [0.5, 0.6) is 0 Å². The minimum absolute atomic E-state index is 0.0753. The molecule has 2 aromatic rings. The van der Waals surface area contributed by atoms with Crippen LogP contribution >= 0.6 is 11.3 Å². The van der Waals surface area contributed by atoms with E-state index in [-0.39, 0.29) is 12.0 Å². The lowest BCUT2D eigenvalue weighted by atomic mass is 10.0. The molecule has 0 saturated heterocycles. The number of hydrogen-bond donors (Lipinski definition) is 0. The summed E-state index contributed by atoms with van der Waals surface area (Å²) in [5.74, 6) is 0.0994. The molecule has 0 bridgehead atoms. The number of carbonyl (C=O) groups excluding carboxylic acids is 1. The summed E-state index contributed by atoms with van der Waals surface area (Å²) in [5.41, 5.74) is 3.52. The van der Waals surface area contributed by atoms with Crippen molar-refractivity contribution in [3.05, 3.63) is 51.0 Å². The molecule has 23 heavy (non-hydrogen) atoms. The molecule has 1 aliphatic heterocycles. The molecular formula is C18H22N2O2S. The Morgan fingerprint density at radius 1 is 1.26 bits per heavy atom. The first-order valence-electron chi connectivity index (χ1n) is 7.96. The highest BCUT2D eigenvalue weighted by molar-refractivity contribution is 7.13. The topological polar surface area (TPSA) is 42.4 Å². The molecule has 5 heteroatoms. The summed E-state index contributed by atoms with van der Waals surface area (Å²) in [6, 6.07) is 8.48. The van der Waals surface area contributed by atoms with Gasteiger partial charge in [0.05, 0.1) is 5.69 Å². The van der Waals surface area contributed by atoms with E-state index >= 15 is 0 Å². The van der Waals surface area contributed by atoms with Gasteiger partial charge < -0.3 is 9.64 Å². The van der Waals surface area contributed by atoms with Gasteiger partial charge in [0.2, 0.25) is 0 Å². The number of methoxy groups -OCH3 is 1. The summed E-state index contributed by atoms with van der Waals surface area (Å²) in [7, 11) is 1.66. The molecule has 0 radical (unpaired) electrons. The first kappa shape index (κ1) is 16.1. The second-order valence-corrected chi connectivity index (χ2v) is 6.94. The van der Waals surface area contributed by atoms with Crippen molar-refractivity contribution in [3.8, 4) is 0 Å². The van der Waals surface area contributed by atoms with Crippen LogP contribution in [0.3, 0.4) is 0 Å². The molecule has 0 fully saturated rings. The number of nitrogens with zero attached hydrogens (tertiary/aromatic N) is 2. The summed E-state index contributed by atoms with van der Waals surface area (Å²) >= 11 is 1.46. The molecule has 0 unspecified atom stereocenters. The molecule has 2 heterocycles. The lowest BCUT2D eigenvalue weighted by Gasteiger charge is -2.19. The molecule has 0 aliphatic carbocycles. The van der Waals surface area contributed by atoms with Crippen molar-refractivity contribution in [2.45, 2.75) is 32.8 Å². The number of ether oxygens (including phenoxy) is 1. The van der Waals surface area contributed by atoms with Crippen LogP contribution in [-0.4, -0.2) is 36.0 Å². The van der Waals surface area contributed by atoms with Gasteiger partial charge in [-0.15, -0.1) is 11.3 Å². The van der Waals surface area contributed by atoms with Crippen LogP contribution < -0.4 is 0 Å². The van der Waals surface area contributed by atoms with Crippen LogP contribution in [0.1, 0.15) is 44.5 Å². The Bertz CT molecular complexity index is 684. The van der Waals surface area contributed by atoms with Gasteiger partial charge in [-0.3, -0.25) is 4.79 Å². The number of thiazole rings is 1. The predicted octanol–water partition coefficient (Wildman–Crippen LogP) is 3.40. The predicted molar refractivity (Wildman–Crippen MR) is 92.0 cm³/mol. The van der Waals surface area contributed by atoms with Crippen LogP contribution in [0.4, 0.5) is 0 Å². The zero-order valence-electron chi connectivity index (χ0n) is 13.8. The average Bonchev–Trinajstić information content (AvgIpc) is 2.83. The maximum Gasteiger partial charge on any atom is 0.265 e. The standard InChI is InChI=1S/C18H22N2O2S/c1-12-16(23-17(19-12)13(2)22-3)18(21)20-10-8-14-6-4-5-7-15(14)9-11-20/h4-7,13H,8-11H2,1-3H3/t13-/m1/s1. The molecule has 122 valence electrons. The summed E-state index contributed by atoms with van der Waals surface area (Å²) in [6.45, 7) is 5.39. The van der Waals surface area contributed by atoms with Crippen molar-refractivity contribution >= 4 is 17.2 Å². The maximum absolute atomic E-state index is 12.9. The molecule has 0 spiro atoms. The fraction of sp³-hybridized carbons (Fsp3) is 0.444. The van der Waals surface area contributed by atoms with Crippen molar-refractivity contribution in [2.75, 3.05) is 20.2 Å². The third kappa shape index (κ3) is 3.31. The van der Waals surface area contributed by atoms with Crippen LogP contribution in [0.2, 0.25) is 0 Å². The number of carbonyl (C=O) groups is 1. The van der Waals surface area contributed by atoms with E-state index < -0.39 is 0 Å². The average molecular weight is 330 g/mol. The van der Waals surface area contributed by atoms with Gasteiger partial charge in [0.1, 0.15) is 16.0 Å². The molecule has 3 rings (SSSR count). The lowest BCUT2D eigenvalue weighted by molar-refractivity contribution is 0.0767. The number of hydrogen-bond acceptors (Lipinski definition) is 4. The van der Waals surface area contributed by atoms with E-state index in [0.717, 1.165) is 41.5 Å². The normalized spacial score (nSPS) is 15.9. The fourth-order valence-electron chi connectivity index (χ4n) is 2.91. The van der Waals surface area contributed by atoms with Crippen molar-refractivity contribution in [2.24, 2.45) is 0 Å². The molecular weight excluding hydrogens is 308 g/mol. The fourth-order valence-corrected chi connectivity index (χ4v) is 3.97. The minimum atomic E-state index is -0.0753. The van der Waals surface area contributed by atoms with E-state index in [1.54, 1.807) is 7.11 Å². The molecule has 4 nitrogen and oxygen atoms in total. The number of benzene rings is 1. The van der Waals surface area contributed by atoms with Gasteiger partial charge in [0.15, 0.2) is 0 Å². The van der Waals surface area contributed by atoms with Gasteiger partial charge in [0.25, 0.3) is 5.91 Å². The summed E-state index contributed by atoms with van der Waals surface area (Å²) in [6.07, 6.45) is 1.76. The number of aryl methyl sites for hydroxylation is 1. The highest BCUT2D eigenvalue weighted by Gasteiger charge is 2.24. The molecule has 1 aromatic carbocycles. The smallest absolute Gasteiger partial charge is 0.265 e. The Kier molecular flexibility index (Phi) is 4.78. The highest BCUT2D eigenvalue weighted by Crippen LogP contribution is 2.27. The molecule has 1 atom stereocenters. The van der Waals surface area contributed by atoms with E-state index in [9.17, 15) is 4.79 Å². The molecule has 1 aliphatic rings. The second-order valence-electron chi connectivity index (χ2n) is 5.91. The van der Waals surface area contributed by atoms with E-state index in [0.29, 0.717) is 0 Å². The van der Waals surface area contributed by atoms with Crippen LogP contribution in [0, 0.1) is 6.92 Å². The number of amides is 1. The zero-order chi connectivity index (χ0) is 16.4. The molecule has 1 amide bonds. The van der Waals surface area contributed by atoms with Crippen molar-refractivity contribution in [1.29, 1.82) is 0 Å². The van der Waals surface area contributed by atoms with E-state index in [2.05, 4.69) is 29.2 Å². The van der Waals surface area contributed by atoms with Gasteiger partial charge >= 0.3 is 0 Å². The van der Waals surface area contributed by atoms with Gasteiger partial charge in [-0.2, -0.15) is 0 Å². The minimum Gasteiger partial charge on any atom is -0.375 e. The quantitative estimate of drug-likeness (QED) is 0.866. The number of fused-ring (bicyclic) bond motifs is 1. The van der Waals surface area contributed by atoms with E-state index in [1.807, 2.05) is 18.7 Å². The van der Waals surface area contributed by atoms with Crippen molar-refractivity contribution in [1.82, 2.24) is 9.88 Å². The molecule has 0 N–H and O–H groups in total. The van der Waals surface area contributed by atoms with Crippen molar-refractivity contribution in [3.63, 3.8) is 0 Å². The summed E-state index contributed by atoms with van der Waals surface area (Å²) in [5, 5.41) is 0.867. The number of aromatic nitrogens is 1. The van der Waals surface area contributed by atoms with E-state index in [4.69, 9.17) is 4.74 Å². The van der Waals surface area contributed by atoms with Crippen LogP contribution in [0.25, 0.3) is 0 Å². The Balaban J connectivity index is 1.78. The SMILES string of the molecule is CO[C@H](C)c1nc(C)c(C(=O)N2CCc3ccccc3CC2)s1. The Morgan fingerprint density at radius 2 is 1.87 bits per heavy atom. The Hall–Kier alpha value is -1.72. The molecule has 1 aromatic heterocycles. The summed E-state index contributed by atoms with van der Waals surface area (Å²) in [4.78, 5) is 20.1. The van der Waals surface area contributed by atoms with E-state index in [1.165, 1.54) is 22.5 Å². The monoisotopic (exact) mass is 330 g/mol.